The van der Waals surface area contributed by atoms with E-state index in [-0.39, 0.29) is 5.88 Å². The molecular formula is C21H26N2O. The van der Waals surface area contributed by atoms with E-state index in [1.54, 1.807) is 0 Å². The summed E-state index contributed by atoms with van der Waals surface area (Å²) in [6.07, 6.45) is 10.4. The first-order valence-electron chi connectivity index (χ1n) is 9.46. The fourth-order valence-corrected chi connectivity index (χ4v) is 6.31. The Labute approximate surface area is 143 Å². The lowest BCUT2D eigenvalue weighted by atomic mass is 9.48. The van der Waals surface area contributed by atoms with Crippen molar-refractivity contribution in [1.82, 2.24) is 4.98 Å². The molecule has 0 radical (unpaired) electrons. The molecule has 4 fully saturated rings. The van der Waals surface area contributed by atoms with Gasteiger partial charge >= 0.3 is 0 Å². The Morgan fingerprint density at radius 2 is 1.75 bits per heavy atom. The lowest BCUT2D eigenvalue weighted by molar-refractivity contribution is -0.0632. The van der Waals surface area contributed by atoms with E-state index in [9.17, 15) is 5.11 Å². The third-order valence-corrected chi connectivity index (χ3v) is 7.12. The fraction of sp³-hybridized carbons (Fsp3) is 0.571. The van der Waals surface area contributed by atoms with Gasteiger partial charge in [0.05, 0.1) is 11.6 Å². The SMILES string of the molecule is CC(N=Cc1c(O)[nH]c2ccccc12)C12CC3CC(CC(C3)C1)C2. The Kier molecular flexibility index (Phi) is 3.10. The molecule has 0 spiro atoms. The molecule has 1 heterocycles. The van der Waals surface area contributed by atoms with Crippen LogP contribution in [0.1, 0.15) is 51.0 Å². The number of fused-ring (bicyclic) bond motifs is 1. The van der Waals surface area contributed by atoms with Gasteiger partial charge in [-0.25, -0.2) is 0 Å². The normalized spacial score (nSPS) is 36.0. The van der Waals surface area contributed by atoms with Crippen LogP contribution in [0, 0.1) is 23.2 Å². The molecule has 4 aliphatic rings. The number of para-hydroxylation sites is 1. The number of nitrogens with zero attached hydrogens (tertiary/aromatic N) is 1. The van der Waals surface area contributed by atoms with Crippen LogP contribution >= 0.6 is 0 Å². The van der Waals surface area contributed by atoms with E-state index in [0.29, 0.717) is 11.5 Å². The van der Waals surface area contributed by atoms with Gasteiger partial charge in [0.1, 0.15) is 0 Å². The topological polar surface area (TPSA) is 48.4 Å². The summed E-state index contributed by atoms with van der Waals surface area (Å²) >= 11 is 0. The molecule has 4 saturated carbocycles. The summed E-state index contributed by atoms with van der Waals surface area (Å²) in [7, 11) is 0. The molecule has 24 heavy (non-hydrogen) atoms. The number of nitrogens with one attached hydrogen (secondary N) is 1. The van der Waals surface area contributed by atoms with Crippen molar-refractivity contribution in [1.29, 1.82) is 0 Å². The van der Waals surface area contributed by atoms with Crippen LogP contribution in [0.4, 0.5) is 0 Å². The number of aromatic hydroxyl groups is 1. The highest BCUT2D eigenvalue weighted by atomic mass is 16.3. The molecule has 3 nitrogen and oxygen atoms in total. The third kappa shape index (κ3) is 2.13. The molecule has 1 unspecified atom stereocenters. The van der Waals surface area contributed by atoms with Crippen LogP contribution in [0.2, 0.25) is 0 Å². The molecule has 2 N–H and O–H groups in total. The quantitative estimate of drug-likeness (QED) is 0.776. The van der Waals surface area contributed by atoms with Crippen molar-refractivity contribution >= 4 is 17.1 Å². The van der Waals surface area contributed by atoms with Crippen LogP contribution in [0.5, 0.6) is 5.88 Å². The van der Waals surface area contributed by atoms with E-state index in [1.807, 2.05) is 30.5 Å². The van der Waals surface area contributed by atoms with Gasteiger partial charge in [0.25, 0.3) is 0 Å². The van der Waals surface area contributed by atoms with Crippen LogP contribution in [-0.2, 0) is 0 Å². The second-order valence-electron chi connectivity index (χ2n) is 8.67. The first-order chi connectivity index (χ1) is 11.6. The highest BCUT2D eigenvalue weighted by Crippen LogP contribution is 2.61. The van der Waals surface area contributed by atoms with E-state index in [4.69, 9.17) is 4.99 Å². The van der Waals surface area contributed by atoms with Gasteiger partial charge in [-0.1, -0.05) is 18.2 Å². The fourth-order valence-electron chi connectivity index (χ4n) is 6.31. The molecule has 4 bridgehead atoms. The predicted molar refractivity (Wildman–Crippen MR) is 97.6 cm³/mol. The minimum absolute atomic E-state index is 0.234. The van der Waals surface area contributed by atoms with Gasteiger partial charge in [-0.3, -0.25) is 4.99 Å². The van der Waals surface area contributed by atoms with Crippen molar-refractivity contribution in [2.75, 3.05) is 0 Å². The molecule has 126 valence electrons. The number of rotatable bonds is 3. The second-order valence-corrected chi connectivity index (χ2v) is 8.67. The average Bonchev–Trinajstić information content (AvgIpc) is 2.86. The van der Waals surface area contributed by atoms with Crippen molar-refractivity contribution in [3.8, 4) is 5.88 Å². The summed E-state index contributed by atoms with van der Waals surface area (Å²) in [5.41, 5.74) is 2.23. The Balaban J connectivity index is 1.45. The summed E-state index contributed by atoms with van der Waals surface area (Å²) < 4.78 is 0. The van der Waals surface area contributed by atoms with Crippen molar-refractivity contribution in [3.63, 3.8) is 0 Å². The Morgan fingerprint density at radius 1 is 1.12 bits per heavy atom. The number of hydrogen-bond donors (Lipinski definition) is 2. The predicted octanol–water partition coefficient (Wildman–Crippen LogP) is 4.90. The standard InChI is InChI=1S/C21H26N2O/c1-13(21-9-14-6-15(10-21)8-16(7-14)11-21)22-12-18-17-4-2-3-5-19(17)23-20(18)24/h2-5,12-16,23-24H,6-11H2,1H3. The monoisotopic (exact) mass is 322 g/mol. The largest absolute Gasteiger partial charge is 0.494 e. The van der Waals surface area contributed by atoms with Crippen LogP contribution in [-0.4, -0.2) is 22.3 Å². The molecule has 4 aliphatic carbocycles. The molecule has 1 aromatic heterocycles. The minimum atomic E-state index is 0.234. The zero-order chi connectivity index (χ0) is 16.3. The van der Waals surface area contributed by atoms with Gasteiger partial charge in [-0.15, -0.1) is 0 Å². The van der Waals surface area contributed by atoms with Gasteiger partial charge in [0.15, 0.2) is 5.88 Å². The maximum atomic E-state index is 10.2. The molecule has 6 rings (SSSR count). The Morgan fingerprint density at radius 3 is 2.42 bits per heavy atom. The summed E-state index contributed by atoms with van der Waals surface area (Å²) in [4.78, 5) is 8.01. The molecule has 0 amide bonds. The number of aliphatic imine (C=N–C) groups is 1. The molecule has 3 heteroatoms. The maximum Gasteiger partial charge on any atom is 0.198 e. The summed E-state index contributed by atoms with van der Waals surface area (Å²) in [6, 6.07) is 8.38. The van der Waals surface area contributed by atoms with Crippen LogP contribution in [0.3, 0.4) is 0 Å². The van der Waals surface area contributed by atoms with Crippen LogP contribution < -0.4 is 0 Å². The van der Waals surface area contributed by atoms with E-state index < -0.39 is 0 Å². The van der Waals surface area contributed by atoms with E-state index in [2.05, 4.69) is 11.9 Å². The molecule has 0 saturated heterocycles. The van der Waals surface area contributed by atoms with Gasteiger partial charge in [0, 0.05) is 17.1 Å². The van der Waals surface area contributed by atoms with Crippen molar-refractivity contribution in [2.24, 2.45) is 28.2 Å². The van der Waals surface area contributed by atoms with Gasteiger partial charge in [0.2, 0.25) is 0 Å². The van der Waals surface area contributed by atoms with Gasteiger partial charge in [-0.05, 0) is 74.7 Å². The second kappa shape index (κ2) is 5.11. The maximum absolute atomic E-state index is 10.2. The summed E-state index contributed by atoms with van der Waals surface area (Å²) in [5.74, 6) is 3.10. The average molecular weight is 322 g/mol. The number of aromatic amines is 1. The molecule has 1 atom stereocenters. The first kappa shape index (κ1) is 14.6. The van der Waals surface area contributed by atoms with Gasteiger partial charge < -0.3 is 10.1 Å². The van der Waals surface area contributed by atoms with Gasteiger partial charge in [-0.2, -0.15) is 0 Å². The molecular weight excluding hydrogens is 296 g/mol. The number of hydrogen-bond acceptors (Lipinski definition) is 2. The lowest BCUT2D eigenvalue weighted by Gasteiger charge is -2.58. The highest BCUT2D eigenvalue weighted by Gasteiger charge is 2.53. The molecule has 2 aromatic rings. The van der Waals surface area contributed by atoms with E-state index in [0.717, 1.165) is 34.2 Å². The van der Waals surface area contributed by atoms with E-state index in [1.165, 1.54) is 38.5 Å². The van der Waals surface area contributed by atoms with Crippen molar-refractivity contribution < 1.29 is 5.11 Å². The molecule has 1 aromatic carbocycles. The zero-order valence-electron chi connectivity index (χ0n) is 14.3. The minimum Gasteiger partial charge on any atom is -0.494 e. The summed E-state index contributed by atoms with van der Waals surface area (Å²) in [6.45, 7) is 2.30. The Hall–Kier alpha value is -1.77. The number of aromatic nitrogens is 1. The zero-order valence-corrected chi connectivity index (χ0v) is 14.3. The van der Waals surface area contributed by atoms with Crippen molar-refractivity contribution in [2.45, 2.75) is 51.5 Å². The van der Waals surface area contributed by atoms with Crippen molar-refractivity contribution in [3.05, 3.63) is 29.8 Å². The third-order valence-electron chi connectivity index (χ3n) is 7.12. The van der Waals surface area contributed by atoms with Crippen LogP contribution in [0.25, 0.3) is 10.9 Å². The smallest absolute Gasteiger partial charge is 0.198 e. The highest BCUT2D eigenvalue weighted by molar-refractivity contribution is 6.01. The Bertz CT molecular complexity index is 768. The lowest BCUT2D eigenvalue weighted by Crippen LogP contribution is -2.50. The molecule has 0 aliphatic heterocycles. The van der Waals surface area contributed by atoms with Crippen LogP contribution in [0.15, 0.2) is 29.3 Å². The first-order valence-corrected chi connectivity index (χ1v) is 9.46. The number of benzene rings is 1. The van der Waals surface area contributed by atoms with E-state index >= 15 is 0 Å². The summed E-state index contributed by atoms with van der Waals surface area (Å²) in [5, 5.41) is 11.3. The number of H-pyrrole nitrogens is 1.